The summed E-state index contributed by atoms with van der Waals surface area (Å²) in [6.45, 7) is 0.454. The van der Waals surface area contributed by atoms with E-state index in [0.29, 0.717) is 35.4 Å². The number of anilines is 1. The third-order valence-electron chi connectivity index (χ3n) is 4.46. The quantitative estimate of drug-likeness (QED) is 0.533. The lowest BCUT2D eigenvalue weighted by Gasteiger charge is -2.13. The lowest BCUT2D eigenvalue weighted by atomic mass is 10.2. The predicted molar refractivity (Wildman–Crippen MR) is 108 cm³/mol. The molecule has 27 heavy (non-hydrogen) atoms. The molecule has 2 aromatic heterocycles. The Kier molecular flexibility index (Phi) is 4.68. The van der Waals surface area contributed by atoms with Gasteiger partial charge in [0.25, 0.3) is 5.56 Å². The number of carbonyl (C=O) groups excluding carboxylic acids is 1. The van der Waals surface area contributed by atoms with Gasteiger partial charge in [-0.1, -0.05) is 35.6 Å². The first kappa shape index (κ1) is 17.4. The van der Waals surface area contributed by atoms with Gasteiger partial charge in [0.15, 0.2) is 5.13 Å². The SMILES string of the molecule is CN(C(=O)CCCn1cnc2ccccc2c1=O)c1nc2ccccc2s1. The van der Waals surface area contributed by atoms with Gasteiger partial charge in [-0.15, -0.1) is 0 Å². The summed E-state index contributed by atoms with van der Waals surface area (Å²) < 4.78 is 2.62. The van der Waals surface area contributed by atoms with E-state index in [2.05, 4.69) is 9.97 Å². The Balaban J connectivity index is 1.42. The second kappa shape index (κ2) is 7.28. The topological polar surface area (TPSA) is 68.1 Å². The van der Waals surface area contributed by atoms with E-state index in [1.165, 1.54) is 11.3 Å². The van der Waals surface area contributed by atoms with Gasteiger partial charge in [0.05, 0.1) is 27.4 Å². The van der Waals surface area contributed by atoms with Crippen LogP contribution in [0, 0.1) is 0 Å². The van der Waals surface area contributed by atoms with Gasteiger partial charge in [0.1, 0.15) is 0 Å². The van der Waals surface area contributed by atoms with E-state index in [4.69, 9.17) is 0 Å². The van der Waals surface area contributed by atoms with Gasteiger partial charge in [-0.25, -0.2) is 9.97 Å². The van der Waals surface area contributed by atoms with Gasteiger partial charge in [-0.2, -0.15) is 0 Å². The van der Waals surface area contributed by atoms with Crippen LogP contribution in [-0.4, -0.2) is 27.5 Å². The molecule has 6 nitrogen and oxygen atoms in total. The van der Waals surface area contributed by atoms with Crippen molar-refractivity contribution in [3.63, 3.8) is 0 Å². The minimum atomic E-state index is -0.0763. The number of hydrogen-bond donors (Lipinski definition) is 0. The van der Waals surface area contributed by atoms with E-state index in [-0.39, 0.29) is 11.5 Å². The number of amides is 1. The van der Waals surface area contributed by atoms with E-state index >= 15 is 0 Å². The number of hydrogen-bond acceptors (Lipinski definition) is 5. The van der Waals surface area contributed by atoms with Crippen molar-refractivity contribution >= 4 is 43.5 Å². The Bertz CT molecular complexity index is 1150. The first-order chi connectivity index (χ1) is 13.1. The lowest BCUT2D eigenvalue weighted by molar-refractivity contribution is -0.118. The summed E-state index contributed by atoms with van der Waals surface area (Å²) in [4.78, 5) is 35.4. The molecule has 0 spiro atoms. The fourth-order valence-corrected chi connectivity index (χ4v) is 3.89. The number of aryl methyl sites for hydroxylation is 1. The summed E-state index contributed by atoms with van der Waals surface area (Å²) >= 11 is 1.50. The molecule has 0 atom stereocenters. The van der Waals surface area contributed by atoms with Crippen molar-refractivity contribution in [2.24, 2.45) is 0 Å². The normalized spacial score (nSPS) is 11.1. The summed E-state index contributed by atoms with van der Waals surface area (Å²) in [6, 6.07) is 15.1. The largest absolute Gasteiger partial charge is 0.299 e. The number of para-hydroxylation sites is 2. The molecule has 7 heteroatoms. The highest BCUT2D eigenvalue weighted by atomic mass is 32.1. The Morgan fingerprint density at radius 1 is 1.11 bits per heavy atom. The minimum Gasteiger partial charge on any atom is -0.299 e. The molecule has 1 amide bonds. The Hall–Kier alpha value is -3.06. The zero-order chi connectivity index (χ0) is 18.8. The number of rotatable bonds is 5. The highest BCUT2D eigenvalue weighted by Crippen LogP contribution is 2.28. The molecule has 0 bridgehead atoms. The van der Waals surface area contributed by atoms with Gasteiger partial charge in [-0.05, 0) is 30.7 Å². The molecule has 136 valence electrons. The molecule has 0 radical (unpaired) electrons. The van der Waals surface area contributed by atoms with Crippen LogP contribution in [0.3, 0.4) is 0 Å². The maximum atomic E-state index is 12.5. The highest BCUT2D eigenvalue weighted by Gasteiger charge is 2.15. The van der Waals surface area contributed by atoms with Crippen LogP contribution in [-0.2, 0) is 11.3 Å². The molecule has 2 heterocycles. The lowest BCUT2D eigenvalue weighted by Crippen LogP contribution is -2.27. The standard InChI is InChI=1S/C20H18N4O2S/c1-23(20-22-16-9-4-5-10-17(16)27-20)18(25)11-6-12-24-13-21-15-8-3-2-7-14(15)19(24)26/h2-5,7-10,13H,6,11-12H2,1H3. The number of thiazole rings is 1. The fourth-order valence-electron chi connectivity index (χ4n) is 2.94. The third-order valence-corrected chi connectivity index (χ3v) is 5.58. The van der Waals surface area contributed by atoms with Gasteiger partial charge >= 0.3 is 0 Å². The van der Waals surface area contributed by atoms with Crippen LogP contribution in [0.4, 0.5) is 5.13 Å². The number of fused-ring (bicyclic) bond motifs is 2. The van der Waals surface area contributed by atoms with Crippen molar-refractivity contribution in [3.05, 3.63) is 65.2 Å². The van der Waals surface area contributed by atoms with Gasteiger partial charge in [0.2, 0.25) is 5.91 Å². The van der Waals surface area contributed by atoms with E-state index in [1.807, 2.05) is 42.5 Å². The Labute approximate surface area is 159 Å². The molecule has 0 saturated carbocycles. The molecule has 0 aliphatic heterocycles. The summed E-state index contributed by atoms with van der Waals surface area (Å²) in [5.41, 5.74) is 1.50. The number of nitrogens with zero attached hydrogens (tertiary/aromatic N) is 4. The summed E-state index contributed by atoms with van der Waals surface area (Å²) in [5.74, 6) is -0.0177. The summed E-state index contributed by atoms with van der Waals surface area (Å²) in [7, 11) is 1.74. The van der Waals surface area contributed by atoms with Crippen molar-refractivity contribution in [2.75, 3.05) is 11.9 Å². The van der Waals surface area contributed by atoms with Gasteiger partial charge < -0.3 is 0 Å². The van der Waals surface area contributed by atoms with Gasteiger partial charge in [0, 0.05) is 20.0 Å². The van der Waals surface area contributed by atoms with Crippen molar-refractivity contribution in [1.29, 1.82) is 0 Å². The molecular formula is C20H18N4O2S. The molecule has 0 unspecified atom stereocenters. The van der Waals surface area contributed by atoms with Crippen LogP contribution in [0.2, 0.25) is 0 Å². The minimum absolute atomic E-state index is 0.0177. The van der Waals surface area contributed by atoms with Crippen LogP contribution in [0.5, 0.6) is 0 Å². The summed E-state index contributed by atoms with van der Waals surface area (Å²) in [5, 5.41) is 1.28. The van der Waals surface area contributed by atoms with Crippen LogP contribution >= 0.6 is 11.3 Å². The molecule has 0 aliphatic carbocycles. The average molecular weight is 378 g/mol. The molecule has 2 aromatic carbocycles. The monoisotopic (exact) mass is 378 g/mol. The molecule has 0 aliphatic rings. The Morgan fingerprint density at radius 3 is 2.67 bits per heavy atom. The van der Waals surface area contributed by atoms with Crippen LogP contribution in [0.1, 0.15) is 12.8 Å². The summed E-state index contributed by atoms with van der Waals surface area (Å²) in [6.07, 6.45) is 2.45. The van der Waals surface area contributed by atoms with E-state index < -0.39 is 0 Å². The fraction of sp³-hybridized carbons (Fsp3) is 0.200. The molecule has 4 rings (SSSR count). The third kappa shape index (κ3) is 3.46. The van der Waals surface area contributed by atoms with Crippen molar-refractivity contribution in [1.82, 2.24) is 14.5 Å². The second-order valence-corrected chi connectivity index (χ2v) is 7.29. The van der Waals surface area contributed by atoms with E-state index in [1.54, 1.807) is 28.9 Å². The van der Waals surface area contributed by atoms with Crippen LogP contribution in [0.25, 0.3) is 21.1 Å². The van der Waals surface area contributed by atoms with Crippen molar-refractivity contribution < 1.29 is 4.79 Å². The molecule has 0 N–H and O–H groups in total. The molecular weight excluding hydrogens is 360 g/mol. The number of benzene rings is 2. The number of carbonyl (C=O) groups is 1. The van der Waals surface area contributed by atoms with E-state index in [9.17, 15) is 9.59 Å². The smallest absolute Gasteiger partial charge is 0.261 e. The predicted octanol–water partition coefficient (Wildman–Crippen LogP) is 3.45. The maximum Gasteiger partial charge on any atom is 0.261 e. The Morgan fingerprint density at radius 2 is 1.85 bits per heavy atom. The number of aromatic nitrogens is 3. The zero-order valence-electron chi connectivity index (χ0n) is 14.8. The first-order valence-corrected chi connectivity index (χ1v) is 9.51. The molecule has 0 saturated heterocycles. The van der Waals surface area contributed by atoms with Crippen LogP contribution in [0.15, 0.2) is 59.7 Å². The van der Waals surface area contributed by atoms with Crippen LogP contribution < -0.4 is 10.5 Å². The van der Waals surface area contributed by atoms with Crippen molar-refractivity contribution in [3.8, 4) is 0 Å². The zero-order valence-corrected chi connectivity index (χ0v) is 15.6. The van der Waals surface area contributed by atoms with E-state index in [0.717, 1.165) is 10.2 Å². The van der Waals surface area contributed by atoms with Gasteiger partial charge in [-0.3, -0.25) is 19.1 Å². The average Bonchev–Trinajstić information content (AvgIpc) is 3.13. The molecule has 4 aromatic rings. The van der Waals surface area contributed by atoms with Crippen molar-refractivity contribution in [2.45, 2.75) is 19.4 Å². The molecule has 0 fully saturated rings. The highest BCUT2D eigenvalue weighted by molar-refractivity contribution is 7.22. The second-order valence-electron chi connectivity index (χ2n) is 6.28. The first-order valence-electron chi connectivity index (χ1n) is 8.70. The maximum absolute atomic E-state index is 12.5.